The van der Waals surface area contributed by atoms with Crippen molar-refractivity contribution in [2.45, 2.75) is 321 Å². The third kappa shape index (κ3) is 49.6. The second-order valence-electron chi connectivity index (χ2n) is 19.3. The highest BCUT2D eigenvalue weighted by Crippen LogP contribution is 2.17. The lowest BCUT2D eigenvalue weighted by Crippen LogP contribution is -2.45. The minimum atomic E-state index is -0.862. The Kier molecular flexibility index (Phi) is 52.7. The summed E-state index contributed by atoms with van der Waals surface area (Å²) in [6.07, 6.45) is 73.1. The van der Waals surface area contributed by atoms with Gasteiger partial charge in [-0.2, -0.15) is 0 Å². The van der Waals surface area contributed by atoms with E-state index in [4.69, 9.17) is 0 Å². The Morgan fingerprint density at radius 2 is 0.629 bits per heavy atom. The molecule has 3 N–H and O–H groups in total. The minimum absolute atomic E-state index is 0.0697. The van der Waals surface area contributed by atoms with Crippen LogP contribution in [0.2, 0.25) is 0 Å². The highest BCUT2D eigenvalue weighted by atomic mass is 16.3. The van der Waals surface area contributed by atoms with Crippen LogP contribution in [0.1, 0.15) is 309 Å². The van der Waals surface area contributed by atoms with E-state index >= 15 is 0 Å². The van der Waals surface area contributed by atoms with Crippen LogP contribution in [0.15, 0.2) is 36.5 Å². The summed E-state index contributed by atoms with van der Waals surface area (Å²) in [4.78, 5) is 12.5. The molecule has 1 amide bonds. The zero-order chi connectivity index (χ0) is 44.9. The number of rotatable bonds is 52. The van der Waals surface area contributed by atoms with Gasteiger partial charge >= 0.3 is 0 Å². The van der Waals surface area contributed by atoms with Crippen molar-refractivity contribution in [3.63, 3.8) is 0 Å². The number of aliphatic hydroxyl groups is 2. The van der Waals surface area contributed by atoms with Crippen molar-refractivity contribution in [2.24, 2.45) is 0 Å². The summed E-state index contributed by atoms with van der Waals surface area (Å²) in [6, 6.07) is -0.639. The zero-order valence-corrected chi connectivity index (χ0v) is 42.2. The summed E-state index contributed by atoms with van der Waals surface area (Å²) in [7, 11) is 0. The molecule has 0 saturated carbocycles. The molecular formula is C58H111NO3. The number of hydrogen-bond donors (Lipinski definition) is 3. The smallest absolute Gasteiger partial charge is 0.220 e. The fraction of sp³-hybridized carbons (Fsp3) is 0.879. The van der Waals surface area contributed by atoms with E-state index in [9.17, 15) is 15.0 Å². The lowest BCUT2D eigenvalue weighted by Gasteiger charge is -2.19. The average Bonchev–Trinajstić information content (AvgIpc) is 3.28. The molecular weight excluding hydrogens is 759 g/mol. The van der Waals surface area contributed by atoms with Crippen LogP contribution < -0.4 is 5.32 Å². The SMILES string of the molecule is CCCCCCCCCCCCCC/C=C\CCCCCCCCCCCCCCCC(=O)NC(CO)C(O)/C=C/CC/C=C/CCCCCCCCCCCCCCCCC. The average molecular weight is 871 g/mol. The number of unbranched alkanes of at least 4 members (excludes halogenated alkanes) is 41. The van der Waals surface area contributed by atoms with E-state index in [1.807, 2.05) is 6.08 Å². The molecule has 0 aromatic carbocycles. The molecule has 2 unspecified atom stereocenters. The topological polar surface area (TPSA) is 69.6 Å². The molecule has 0 aliphatic carbocycles. The predicted molar refractivity (Wildman–Crippen MR) is 276 cm³/mol. The second kappa shape index (κ2) is 53.9. The first kappa shape index (κ1) is 60.6. The van der Waals surface area contributed by atoms with E-state index in [0.717, 1.165) is 32.1 Å². The molecule has 0 aromatic rings. The van der Waals surface area contributed by atoms with Crippen LogP contribution in [0, 0.1) is 0 Å². The van der Waals surface area contributed by atoms with Crippen molar-refractivity contribution in [1.29, 1.82) is 0 Å². The molecule has 0 bridgehead atoms. The normalized spacial score (nSPS) is 13.0. The molecule has 0 aliphatic heterocycles. The Hall–Kier alpha value is -1.39. The molecule has 4 heteroatoms. The number of carbonyl (C=O) groups excluding carboxylic acids is 1. The summed E-state index contributed by atoms with van der Waals surface area (Å²) in [6.45, 7) is 4.33. The molecule has 4 nitrogen and oxygen atoms in total. The Morgan fingerprint density at radius 3 is 0.935 bits per heavy atom. The van der Waals surface area contributed by atoms with Gasteiger partial charge in [-0.05, 0) is 57.8 Å². The van der Waals surface area contributed by atoms with Gasteiger partial charge < -0.3 is 15.5 Å². The first-order chi connectivity index (χ1) is 30.7. The lowest BCUT2D eigenvalue weighted by atomic mass is 10.0. The van der Waals surface area contributed by atoms with Gasteiger partial charge in [-0.3, -0.25) is 4.79 Å². The van der Waals surface area contributed by atoms with Gasteiger partial charge in [0.05, 0.1) is 18.8 Å². The lowest BCUT2D eigenvalue weighted by molar-refractivity contribution is -0.123. The highest BCUT2D eigenvalue weighted by molar-refractivity contribution is 5.76. The summed E-state index contributed by atoms with van der Waals surface area (Å²) in [5.41, 5.74) is 0. The van der Waals surface area contributed by atoms with Gasteiger partial charge in [0.15, 0.2) is 0 Å². The molecule has 0 heterocycles. The maximum Gasteiger partial charge on any atom is 0.220 e. The van der Waals surface area contributed by atoms with E-state index in [0.29, 0.717) is 6.42 Å². The molecule has 0 radical (unpaired) electrons. The number of aliphatic hydroxyl groups excluding tert-OH is 2. The first-order valence-electron chi connectivity index (χ1n) is 28.2. The van der Waals surface area contributed by atoms with Crippen LogP contribution in [0.5, 0.6) is 0 Å². The Bertz CT molecular complexity index is 943. The van der Waals surface area contributed by atoms with Gasteiger partial charge in [-0.1, -0.05) is 281 Å². The van der Waals surface area contributed by atoms with Gasteiger partial charge in [0.1, 0.15) is 0 Å². The Balaban J connectivity index is 3.50. The molecule has 0 spiro atoms. The van der Waals surface area contributed by atoms with Crippen LogP contribution in [0.4, 0.5) is 0 Å². The van der Waals surface area contributed by atoms with Crippen LogP contribution >= 0.6 is 0 Å². The molecule has 0 aromatic heterocycles. The fourth-order valence-electron chi connectivity index (χ4n) is 8.78. The molecule has 0 fully saturated rings. The second-order valence-corrected chi connectivity index (χ2v) is 19.3. The van der Waals surface area contributed by atoms with E-state index < -0.39 is 12.1 Å². The predicted octanol–water partition coefficient (Wildman–Crippen LogP) is 18.5. The number of carbonyl (C=O) groups is 1. The van der Waals surface area contributed by atoms with Crippen molar-refractivity contribution >= 4 is 5.91 Å². The van der Waals surface area contributed by atoms with Crippen LogP contribution in [0.25, 0.3) is 0 Å². The quantitative estimate of drug-likeness (QED) is 0.0421. The van der Waals surface area contributed by atoms with Gasteiger partial charge in [0.25, 0.3) is 0 Å². The molecule has 0 aliphatic rings. The van der Waals surface area contributed by atoms with Crippen molar-refractivity contribution in [3.8, 4) is 0 Å². The van der Waals surface area contributed by atoms with E-state index in [-0.39, 0.29) is 12.5 Å². The number of amides is 1. The summed E-state index contributed by atoms with van der Waals surface area (Å²) in [5, 5.41) is 23.1. The third-order valence-electron chi connectivity index (χ3n) is 13.1. The summed E-state index contributed by atoms with van der Waals surface area (Å²) < 4.78 is 0. The summed E-state index contributed by atoms with van der Waals surface area (Å²) in [5.74, 6) is -0.0697. The number of hydrogen-bond acceptors (Lipinski definition) is 3. The maximum absolute atomic E-state index is 12.5. The van der Waals surface area contributed by atoms with Gasteiger partial charge in [0, 0.05) is 6.42 Å². The number of allylic oxidation sites excluding steroid dienone is 5. The van der Waals surface area contributed by atoms with Crippen molar-refractivity contribution in [2.75, 3.05) is 6.61 Å². The van der Waals surface area contributed by atoms with Crippen molar-refractivity contribution < 1.29 is 15.0 Å². The zero-order valence-electron chi connectivity index (χ0n) is 42.2. The van der Waals surface area contributed by atoms with Gasteiger partial charge in [-0.25, -0.2) is 0 Å². The molecule has 2 atom stereocenters. The monoisotopic (exact) mass is 870 g/mol. The highest BCUT2D eigenvalue weighted by Gasteiger charge is 2.18. The van der Waals surface area contributed by atoms with E-state index in [1.54, 1.807) is 6.08 Å². The number of nitrogens with one attached hydrogen (secondary N) is 1. The Morgan fingerprint density at radius 1 is 0.371 bits per heavy atom. The largest absolute Gasteiger partial charge is 0.394 e. The maximum atomic E-state index is 12.5. The van der Waals surface area contributed by atoms with Crippen molar-refractivity contribution in [1.82, 2.24) is 5.32 Å². The molecule has 0 saturated heterocycles. The first-order valence-corrected chi connectivity index (χ1v) is 28.2. The van der Waals surface area contributed by atoms with Gasteiger partial charge in [-0.15, -0.1) is 0 Å². The van der Waals surface area contributed by atoms with Crippen LogP contribution in [-0.4, -0.2) is 34.9 Å². The summed E-state index contributed by atoms with van der Waals surface area (Å²) >= 11 is 0. The van der Waals surface area contributed by atoms with Gasteiger partial charge in [0.2, 0.25) is 5.91 Å². The van der Waals surface area contributed by atoms with E-state index in [1.165, 1.54) is 257 Å². The van der Waals surface area contributed by atoms with E-state index in [2.05, 4.69) is 43.5 Å². The molecule has 366 valence electrons. The third-order valence-corrected chi connectivity index (χ3v) is 13.1. The standard InChI is InChI=1S/C58H111NO3/c1-3-5-7-9-11-13-15-17-19-21-23-25-26-27-28-29-30-31-32-34-36-38-40-42-44-46-48-50-52-54-58(62)59-56(55-60)57(61)53-51-49-47-45-43-41-39-37-35-33-24-22-20-18-16-14-12-10-8-6-4-2/h27-28,43,45,51,53,56-57,60-61H,3-26,29-42,44,46-50,52,54-55H2,1-2H3,(H,59,62)/b28-27-,45-43+,53-51+. The van der Waals surface area contributed by atoms with Crippen LogP contribution in [0.3, 0.4) is 0 Å². The molecule has 0 rings (SSSR count). The van der Waals surface area contributed by atoms with Crippen LogP contribution in [-0.2, 0) is 4.79 Å². The fourth-order valence-corrected chi connectivity index (χ4v) is 8.78. The Labute approximate surface area is 389 Å². The van der Waals surface area contributed by atoms with Crippen molar-refractivity contribution in [3.05, 3.63) is 36.5 Å². The minimum Gasteiger partial charge on any atom is -0.394 e. The molecule has 62 heavy (non-hydrogen) atoms.